The van der Waals surface area contributed by atoms with Crippen molar-refractivity contribution < 1.29 is 14.3 Å². The van der Waals surface area contributed by atoms with E-state index < -0.39 is 0 Å². The van der Waals surface area contributed by atoms with Crippen LogP contribution in [-0.4, -0.2) is 33.5 Å². The first-order chi connectivity index (χ1) is 15.4. The van der Waals surface area contributed by atoms with Gasteiger partial charge in [-0.05, 0) is 36.4 Å². The van der Waals surface area contributed by atoms with Crippen molar-refractivity contribution in [3.8, 4) is 11.5 Å². The topological polar surface area (TPSA) is 78.3 Å². The summed E-state index contributed by atoms with van der Waals surface area (Å²) >= 11 is 19.3. The molecule has 1 heterocycles. The van der Waals surface area contributed by atoms with Crippen LogP contribution in [0.1, 0.15) is 5.82 Å². The molecule has 1 aromatic heterocycles. The summed E-state index contributed by atoms with van der Waals surface area (Å²) in [5.41, 5.74) is 0.382. The molecule has 0 bridgehead atoms. The average molecular weight is 514 g/mol. The molecule has 3 rings (SSSR count). The van der Waals surface area contributed by atoms with Crippen molar-refractivity contribution in [3.63, 3.8) is 0 Å². The third-order valence-electron chi connectivity index (χ3n) is 4.15. The number of benzene rings is 2. The number of rotatable bonds is 10. The van der Waals surface area contributed by atoms with Gasteiger partial charge in [-0.15, -0.1) is 16.8 Å². The fourth-order valence-electron chi connectivity index (χ4n) is 2.60. The second-order valence-electron chi connectivity index (χ2n) is 6.35. The number of nitrogens with zero attached hydrogens (tertiary/aromatic N) is 3. The zero-order valence-corrected chi connectivity index (χ0v) is 20.1. The van der Waals surface area contributed by atoms with Gasteiger partial charge in [-0.1, -0.05) is 52.6 Å². The predicted octanol–water partition coefficient (Wildman–Crippen LogP) is 5.74. The van der Waals surface area contributed by atoms with Crippen LogP contribution < -0.4 is 14.8 Å². The van der Waals surface area contributed by atoms with Gasteiger partial charge in [-0.2, -0.15) is 0 Å². The Bertz CT molecular complexity index is 1110. The number of aromatic nitrogens is 3. The van der Waals surface area contributed by atoms with E-state index >= 15 is 0 Å². The predicted molar refractivity (Wildman–Crippen MR) is 128 cm³/mol. The summed E-state index contributed by atoms with van der Waals surface area (Å²) < 4.78 is 12.8. The van der Waals surface area contributed by atoms with E-state index in [9.17, 15) is 4.79 Å². The van der Waals surface area contributed by atoms with Crippen molar-refractivity contribution in [1.29, 1.82) is 0 Å². The number of halogens is 3. The Hall–Kier alpha value is -2.39. The average Bonchev–Trinajstić information content (AvgIpc) is 3.16. The number of allylic oxidation sites excluding steroid dienone is 1. The minimum absolute atomic E-state index is 0.0885. The van der Waals surface area contributed by atoms with E-state index in [1.807, 2.05) is 16.7 Å². The number of ether oxygens (including phenoxy) is 2. The van der Waals surface area contributed by atoms with Gasteiger partial charge in [0.1, 0.15) is 18.1 Å². The standard InChI is InChI=1S/C21H19Cl3N4O3S/c1-3-8-28-19(11-31-14-6-4-13(30-2)5-7-14)26-27-21(28)32-12-20(29)25-18-10-16(23)15(22)9-17(18)24/h3-7,9-10H,1,8,11-12H2,2H3,(H,25,29). The number of amides is 1. The first kappa shape index (κ1) is 24.3. The molecule has 0 radical (unpaired) electrons. The van der Waals surface area contributed by atoms with E-state index in [2.05, 4.69) is 22.1 Å². The normalized spacial score (nSPS) is 10.6. The molecular formula is C21H19Cl3N4O3S. The lowest BCUT2D eigenvalue weighted by Crippen LogP contribution is -2.15. The zero-order valence-electron chi connectivity index (χ0n) is 17.0. The number of nitrogens with one attached hydrogen (secondary N) is 1. The van der Waals surface area contributed by atoms with Crippen LogP contribution in [0.5, 0.6) is 11.5 Å². The minimum Gasteiger partial charge on any atom is -0.497 e. The zero-order chi connectivity index (χ0) is 23.1. The Balaban J connectivity index is 1.62. The highest BCUT2D eigenvalue weighted by atomic mass is 35.5. The lowest BCUT2D eigenvalue weighted by atomic mass is 10.3. The summed E-state index contributed by atoms with van der Waals surface area (Å²) in [5, 5.41) is 12.6. The van der Waals surface area contributed by atoms with Gasteiger partial charge in [-0.25, -0.2) is 0 Å². The molecule has 0 aliphatic heterocycles. The van der Waals surface area contributed by atoms with E-state index in [-0.39, 0.29) is 18.3 Å². The molecule has 1 amide bonds. The van der Waals surface area contributed by atoms with Crippen LogP contribution in [0.15, 0.2) is 54.2 Å². The van der Waals surface area contributed by atoms with E-state index in [0.29, 0.717) is 44.0 Å². The fourth-order valence-corrected chi connectivity index (χ4v) is 3.96. The molecule has 168 valence electrons. The van der Waals surface area contributed by atoms with Crippen molar-refractivity contribution in [2.45, 2.75) is 18.3 Å². The Morgan fingerprint density at radius 2 is 1.81 bits per heavy atom. The monoisotopic (exact) mass is 512 g/mol. The number of carbonyl (C=O) groups is 1. The van der Waals surface area contributed by atoms with E-state index in [0.717, 1.165) is 5.75 Å². The largest absolute Gasteiger partial charge is 0.497 e. The van der Waals surface area contributed by atoms with Crippen LogP contribution in [0, 0.1) is 0 Å². The van der Waals surface area contributed by atoms with Gasteiger partial charge in [0.25, 0.3) is 0 Å². The number of methoxy groups -OCH3 is 1. The van der Waals surface area contributed by atoms with Gasteiger partial charge in [-0.3, -0.25) is 9.36 Å². The summed E-state index contributed by atoms with van der Waals surface area (Å²) in [7, 11) is 1.60. The molecule has 32 heavy (non-hydrogen) atoms. The molecule has 0 saturated heterocycles. The maximum absolute atomic E-state index is 12.4. The highest BCUT2D eigenvalue weighted by Crippen LogP contribution is 2.32. The van der Waals surface area contributed by atoms with Crippen molar-refractivity contribution in [1.82, 2.24) is 14.8 Å². The Morgan fingerprint density at radius 3 is 2.50 bits per heavy atom. The quantitative estimate of drug-likeness (QED) is 0.211. The lowest BCUT2D eigenvalue weighted by Gasteiger charge is -2.10. The first-order valence-corrected chi connectivity index (χ1v) is 11.4. The van der Waals surface area contributed by atoms with E-state index in [1.54, 1.807) is 25.3 Å². The lowest BCUT2D eigenvalue weighted by molar-refractivity contribution is -0.113. The van der Waals surface area contributed by atoms with Crippen LogP contribution in [0.2, 0.25) is 15.1 Å². The molecule has 2 aromatic carbocycles. The fraction of sp³-hybridized carbons (Fsp3) is 0.190. The van der Waals surface area contributed by atoms with Crippen molar-refractivity contribution in [2.75, 3.05) is 18.2 Å². The highest BCUT2D eigenvalue weighted by Gasteiger charge is 2.15. The van der Waals surface area contributed by atoms with Crippen LogP contribution in [-0.2, 0) is 17.9 Å². The number of carbonyl (C=O) groups excluding carboxylic acids is 1. The number of anilines is 1. The van der Waals surface area contributed by atoms with Gasteiger partial charge in [0.15, 0.2) is 11.0 Å². The maximum Gasteiger partial charge on any atom is 0.234 e. The summed E-state index contributed by atoms with van der Waals surface area (Å²) in [6.07, 6.45) is 1.72. The second kappa shape index (κ2) is 11.5. The summed E-state index contributed by atoms with van der Waals surface area (Å²) in [4.78, 5) is 12.4. The van der Waals surface area contributed by atoms with Crippen molar-refractivity contribution >= 4 is 58.2 Å². The SMILES string of the molecule is C=CCn1c(COc2ccc(OC)cc2)nnc1SCC(=O)Nc1cc(Cl)c(Cl)cc1Cl. The highest BCUT2D eigenvalue weighted by molar-refractivity contribution is 7.99. The third kappa shape index (κ3) is 6.32. The summed E-state index contributed by atoms with van der Waals surface area (Å²) in [6, 6.07) is 10.2. The third-order valence-corrected chi connectivity index (χ3v) is 6.15. The molecular weight excluding hydrogens is 495 g/mol. The van der Waals surface area contributed by atoms with Crippen molar-refractivity contribution in [2.24, 2.45) is 0 Å². The van der Waals surface area contributed by atoms with Gasteiger partial charge < -0.3 is 14.8 Å². The van der Waals surface area contributed by atoms with Gasteiger partial charge >= 0.3 is 0 Å². The molecule has 0 unspecified atom stereocenters. The van der Waals surface area contributed by atoms with Gasteiger partial charge in [0.2, 0.25) is 5.91 Å². The van der Waals surface area contributed by atoms with Crippen LogP contribution >= 0.6 is 46.6 Å². The molecule has 3 aromatic rings. The van der Waals surface area contributed by atoms with Crippen LogP contribution in [0.3, 0.4) is 0 Å². The molecule has 7 nitrogen and oxygen atoms in total. The maximum atomic E-state index is 12.4. The smallest absolute Gasteiger partial charge is 0.234 e. The molecule has 0 saturated carbocycles. The number of hydrogen-bond acceptors (Lipinski definition) is 6. The molecule has 11 heteroatoms. The molecule has 0 spiro atoms. The van der Waals surface area contributed by atoms with E-state index in [1.165, 1.54) is 23.9 Å². The molecule has 0 fully saturated rings. The Morgan fingerprint density at radius 1 is 1.12 bits per heavy atom. The number of hydrogen-bond donors (Lipinski definition) is 1. The summed E-state index contributed by atoms with van der Waals surface area (Å²) in [5.74, 6) is 1.83. The van der Waals surface area contributed by atoms with Crippen LogP contribution in [0.25, 0.3) is 0 Å². The number of thioether (sulfide) groups is 1. The van der Waals surface area contributed by atoms with E-state index in [4.69, 9.17) is 44.3 Å². The minimum atomic E-state index is -0.278. The molecule has 0 atom stereocenters. The second-order valence-corrected chi connectivity index (χ2v) is 8.51. The van der Waals surface area contributed by atoms with Gasteiger partial charge in [0, 0.05) is 6.54 Å². The van der Waals surface area contributed by atoms with Crippen molar-refractivity contribution in [3.05, 3.63) is 69.9 Å². The molecule has 1 N–H and O–H groups in total. The molecule has 0 aliphatic rings. The molecule has 0 aliphatic carbocycles. The Kier molecular flexibility index (Phi) is 8.69. The first-order valence-electron chi connectivity index (χ1n) is 9.28. The van der Waals surface area contributed by atoms with Gasteiger partial charge in [0.05, 0.1) is 33.6 Å². The summed E-state index contributed by atoms with van der Waals surface area (Å²) in [6.45, 7) is 4.45. The van der Waals surface area contributed by atoms with Crippen LogP contribution in [0.4, 0.5) is 5.69 Å². The Labute approximate surface area is 204 Å².